The molecule has 0 saturated heterocycles. The number of halogens is 3. The summed E-state index contributed by atoms with van der Waals surface area (Å²) in [6, 6.07) is 8.59. The van der Waals surface area contributed by atoms with Crippen molar-refractivity contribution in [3.63, 3.8) is 0 Å². The maximum atomic E-state index is 13.0. The number of aromatic nitrogens is 4. The van der Waals surface area contributed by atoms with Gasteiger partial charge < -0.3 is 4.74 Å². The van der Waals surface area contributed by atoms with Gasteiger partial charge in [0.05, 0.1) is 0 Å². The molecule has 0 bridgehead atoms. The molecule has 25 heavy (non-hydrogen) atoms. The van der Waals surface area contributed by atoms with Crippen LogP contribution >= 0.6 is 0 Å². The van der Waals surface area contributed by atoms with E-state index in [1.807, 2.05) is 0 Å². The summed E-state index contributed by atoms with van der Waals surface area (Å²) in [5.74, 6) is -0.313. The smallest absolute Gasteiger partial charge is 0.421 e. The minimum absolute atomic E-state index is 0.198. The third kappa shape index (κ3) is 3.65. The van der Waals surface area contributed by atoms with E-state index < -0.39 is 17.6 Å². The van der Waals surface area contributed by atoms with Crippen LogP contribution in [0.2, 0.25) is 0 Å². The minimum Gasteiger partial charge on any atom is -0.438 e. The van der Waals surface area contributed by atoms with E-state index in [-0.39, 0.29) is 5.75 Å². The van der Waals surface area contributed by atoms with Crippen LogP contribution in [0.25, 0.3) is 11.3 Å². The first-order valence-corrected chi connectivity index (χ1v) is 7.13. The number of aromatic amines is 1. The van der Waals surface area contributed by atoms with Crippen molar-refractivity contribution in [2.75, 3.05) is 7.05 Å². The summed E-state index contributed by atoms with van der Waals surface area (Å²) in [6.07, 6.45) is -1.77. The summed E-state index contributed by atoms with van der Waals surface area (Å²) >= 11 is 0. The molecule has 6 nitrogen and oxygen atoms in total. The number of benzene rings is 1. The number of ether oxygens (including phenoxy) is 1. The van der Waals surface area contributed by atoms with Crippen LogP contribution in [-0.4, -0.2) is 33.7 Å². The van der Waals surface area contributed by atoms with E-state index in [9.17, 15) is 13.2 Å². The topological polar surface area (TPSA) is 76.0 Å². The van der Waals surface area contributed by atoms with Crippen molar-refractivity contribution in [1.82, 2.24) is 20.4 Å². The summed E-state index contributed by atoms with van der Waals surface area (Å²) < 4.78 is 44.5. The maximum Gasteiger partial charge on any atom is 0.421 e. The lowest BCUT2D eigenvalue weighted by molar-refractivity contribution is -0.138. The Bertz CT molecular complexity index is 905. The molecule has 0 aliphatic carbocycles. The third-order valence-corrected chi connectivity index (χ3v) is 3.23. The predicted molar refractivity (Wildman–Crippen MR) is 84.6 cm³/mol. The van der Waals surface area contributed by atoms with Gasteiger partial charge in [-0.15, -0.1) is 5.10 Å². The van der Waals surface area contributed by atoms with Crippen molar-refractivity contribution in [3.8, 4) is 22.9 Å². The van der Waals surface area contributed by atoms with Gasteiger partial charge in [-0.3, -0.25) is 10.1 Å². The van der Waals surface area contributed by atoms with Crippen molar-refractivity contribution in [2.24, 2.45) is 4.99 Å². The summed E-state index contributed by atoms with van der Waals surface area (Å²) in [5.41, 5.74) is 0.757. The first-order chi connectivity index (χ1) is 12.0. The molecule has 0 aliphatic rings. The molecule has 0 fully saturated rings. The predicted octanol–water partition coefficient (Wildman–Crippen LogP) is 3.73. The van der Waals surface area contributed by atoms with E-state index >= 15 is 0 Å². The molecule has 2 aromatic heterocycles. The molecule has 0 spiro atoms. The van der Waals surface area contributed by atoms with Crippen molar-refractivity contribution in [1.29, 1.82) is 0 Å². The molecule has 0 unspecified atom stereocenters. The highest BCUT2D eigenvalue weighted by Gasteiger charge is 2.35. The Balaban J connectivity index is 1.95. The van der Waals surface area contributed by atoms with Crippen molar-refractivity contribution in [2.45, 2.75) is 6.18 Å². The fourth-order valence-electron chi connectivity index (χ4n) is 2.17. The Labute approximate surface area is 140 Å². The van der Waals surface area contributed by atoms with Crippen molar-refractivity contribution < 1.29 is 17.9 Å². The molecule has 1 aromatic carbocycles. The Kier molecular flexibility index (Phi) is 4.46. The molecular weight excluding hydrogens is 335 g/mol. The minimum atomic E-state index is -4.56. The number of alkyl halides is 3. The second-order valence-corrected chi connectivity index (χ2v) is 4.95. The van der Waals surface area contributed by atoms with Gasteiger partial charge in [-0.25, -0.2) is 4.98 Å². The summed E-state index contributed by atoms with van der Waals surface area (Å²) in [6.45, 7) is 0. The van der Waals surface area contributed by atoms with Crippen LogP contribution in [0, 0.1) is 0 Å². The Hall–Kier alpha value is -3.23. The molecule has 2 heterocycles. The number of rotatable bonds is 4. The van der Waals surface area contributed by atoms with Gasteiger partial charge in [0.2, 0.25) is 5.88 Å². The summed E-state index contributed by atoms with van der Waals surface area (Å²) in [5, 5.41) is 10.4. The van der Waals surface area contributed by atoms with Crippen LogP contribution in [0.5, 0.6) is 11.6 Å². The molecule has 0 amide bonds. The zero-order chi connectivity index (χ0) is 17.9. The van der Waals surface area contributed by atoms with Crippen molar-refractivity contribution >= 4 is 6.21 Å². The normalized spacial score (nSPS) is 11.8. The van der Waals surface area contributed by atoms with Gasteiger partial charge in [0, 0.05) is 25.0 Å². The lowest BCUT2D eigenvalue weighted by Gasteiger charge is -2.12. The number of H-pyrrole nitrogens is 1. The van der Waals surface area contributed by atoms with E-state index in [1.54, 1.807) is 31.5 Å². The van der Waals surface area contributed by atoms with Crippen LogP contribution < -0.4 is 4.74 Å². The first kappa shape index (κ1) is 16.6. The van der Waals surface area contributed by atoms with Crippen LogP contribution in [0.3, 0.4) is 0 Å². The fourth-order valence-corrected chi connectivity index (χ4v) is 2.17. The molecule has 0 saturated carbocycles. The molecule has 1 N–H and O–H groups in total. The maximum absolute atomic E-state index is 13.0. The lowest BCUT2D eigenvalue weighted by atomic mass is 10.1. The average molecular weight is 347 g/mol. The molecular formula is C16H12F3N5O. The number of nitrogens with zero attached hydrogens (tertiary/aromatic N) is 4. The monoisotopic (exact) mass is 347 g/mol. The van der Waals surface area contributed by atoms with E-state index in [1.165, 1.54) is 18.3 Å². The van der Waals surface area contributed by atoms with Crippen LogP contribution in [0.15, 0.2) is 47.6 Å². The summed E-state index contributed by atoms with van der Waals surface area (Å²) in [7, 11) is 1.60. The molecule has 3 rings (SSSR count). The second kappa shape index (κ2) is 6.71. The highest BCUT2D eigenvalue weighted by atomic mass is 19.4. The van der Waals surface area contributed by atoms with Crippen LogP contribution in [0.4, 0.5) is 13.2 Å². The van der Waals surface area contributed by atoms with Gasteiger partial charge in [-0.05, 0) is 24.3 Å². The molecule has 9 heteroatoms. The quantitative estimate of drug-likeness (QED) is 0.730. The van der Waals surface area contributed by atoms with E-state index in [2.05, 4.69) is 25.4 Å². The summed E-state index contributed by atoms with van der Waals surface area (Å²) in [4.78, 5) is 7.57. The highest BCUT2D eigenvalue weighted by Crippen LogP contribution is 2.37. The van der Waals surface area contributed by atoms with E-state index in [0.29, 0.717) is 17.0 Å². The zero-order valence-corrected chi connectivity index (χ0v) is 12.9. The van der Waals surface area contributed by atoms with Gasteiger partial charge in [-0.1, -0.05) is 17.3 Å². The van der Waals surface area contributed by atoms with Crippen LogP contribution in [0.1, 0.15) is 11.3 Å². The Morgan fingerprint density at radius 1 is 1.20 bits per heavy atom. The molecule has 0 radical (unpaired) electrons. The van der Waals surface area contributed by atoms with Crippen LogP contribution in [-0.2, 0) is 6.18 Å². The number of aliphatic imine (C=N–C) groups is 1. The van der Waals surface area contributed by atoms with Gasteiger partial charge in [-0.2, -0.15) is 13.2 Å². The van der Waals surface area contributed by atoms with E-state index in [0.717, 1.165) is 6.07 Å². The van der Waals surface area contributed by atoms with Crippen molar-refractivity contribution in [3.05, 3.63) is 53.9 Å². The Morgan fingerprint density at radius 3 is 2.80 bits per heavy atom. The Morgan fingerprint density at radius 2 is 2.04 bits per heavy atom. The number of hydrogen-bond donors (Lipinski definition) is 1. The molecule has 0 aliphatic heterocycles. The molecule has 3 aromatic rings. The average Bonchev–Trinajstić information content (AvgIpc) is 3.03. The molecule has 0 atom stereocenters. The number of nitrogens with one attached hydrogen (secondary N) is 1. The third-order valence-electron chi connectivity index (χ3n) is 3.23. The first-order valence-electron chi connectivity index (χ1n) is 7.13. The fraction of sp³-hybridized carbons (Fsp3) is 0.125. The molecule has 128 valence electrons. The van der Waals surface area contributed by atoms with E-state index in [4.69, 9.17) is 4.74 Å². The van der Waals surface area contributed by atoms with Gasteiger partial charge in [0.1, 0.15) is 22.7 Å². The standard InChI is InChI=1S/C16H12F3N5O/c1-20-9-13-14(23-24-22-13)10-4-2-5-11(8-10)25-15-12(16(17,18)19)6-3-7-21-15/h2-9H,1H3,(H,22,23,24)/b20-9+. The second-order valence-electron chi connectivity index (χ2n) is 4.95. The number of hydrogen-bond acceptors (Lipinski definition) is 5. The van der Waals surface area contributed by atoms with Gasteiger partial charge in [0.25, 0.3) is 0 Å². The lowest BCUT2D eigenvalue weighted by Crippen LogP contribution is -2.08. The van der Waals surface area contributed by atoms with Gasteiger partial charge >= 0.3 is 6.18 Å². The largest absolute Gasteiger partial charge is 0.438 e. The zero-order valence-electron chi connectivity index (χ0n) is 12.9. The van der Waals surface area contributed by atoms with Gasteiger partial charge in [0.15, 0.2) is 0 Å². The SMILES string of the molecule is C/N=C/c1[nH]nnc1-c1cccc(Oc2ncccc2C(F)(F)F)c1. The number of pyridine rings is 1. The highest BCUT2D eigenvalue weighted by molar-refractivity contribution is 5.86.